The zero-order valence-electron chi connectivity index (χ0n) is 14.8. The number of nitrogens with one attached hydrogen (secondary N) is 1. The molecule has 26 heavy (non-hydrogen) atoms. The van der Waals surface area contributed by atoms with Crippen LogP contribution in [0.15, 0.2) is 42.5 Å². The highest BCUT2D eigenvalue weighted by molar-refractivity contribution is 6.31. The first kappa shape index (κ1) is 18.3. The molecule has 136 valence electrons. The molecule has 0 radical (unpaired) electrons. The average Bonchev–Trinajstić information content (AvgIpc) is 2.62. The molecule has 0 aromatic heterocycles. The smallest absolute Gasteiger partial charge is 0.267 e. The van der Waals surface area contributed by atoms with Gasteiger partial charge in [-0.3, -0.25) is 9.59 Å². The molecule has 0 spiro atoms. The van der Waals surface area contributed by atoms with E-state index in [-0.39, 0.29) is 11.8 Å². The maximum atomic E-state index is 12.5. The first-order chi connectivity index (χ1) is 12.5. The van der Waals surface area contributed by atoms with Crippen molar-refractivity contribution in [3.63, 3.8) is 0 Å². The number of hydrogen-bond donors (Lipinski definition) is 1. The van der Waals surface area contributed by atoms with E-state index in [0.717, 1.165) is 12.8 Å². The van der Waals surface area contributed by atoms with Crippen LogP contribution >= 0.6 is 11.6 Å². The molecular formula is C20H21ClN2O3. The summed E-state index contributed by atoms with van der Waals surface area (Å²) in [5.41, 5.74) is 1.76. The third-order valence-electron chi connectivity index (χ3n) is 4.25. The quantitative estimate of drug-likeness (QED) is 0.840. The van der Waals surface area contributed by atoms with Crippen molar-refractivity contribution in [1.29, 1.82) is 0 Å². The van der Waals surface area contributed by atoms with Gasteiger partial charge in [0, 0.05) is 22.8 Å². The van der Waals surface area contributed by atoms with Gasteiger partial charge in [0.05, 0.1) is 5.69 Å². The summed E-state index contributed by atoms with van der Waals surface area (Å²) in [6, 6.07) is 12.1. The minimum absolute atomic E-state index is 0.0655. The Hall–Kier alpha value is -2.53. The number of halogens is 1. The number of fused-ring (bicyclic) bond motifs is 1. The molecule has 3 rings (SSSR count). The van der Waals surface area contributed by atoms with Gasteiger partial charge in [0.15, 0.2) is 6.10 Å². The molecule has 2 aromatic rings. The van der Waals surface area contributed by atoms with Gasteiger partial charge in [0.2, 0.25) is 0 Å². The number of benzene rings is 2. The van der Waals surface area contributed by atoms with E-state index in [9.17, 15) is 9.59 Å². The van der Waals surface area contributed by atoms with Crippen molar-refractivity contribution in [2.24, 2.45) is 0 Å². The van der Waals surface area contributed by atoms with Gasteiger partial charge < -0.3 is 15.0 Å². The van der Waals surface area contributed by atoms with Crippen LogP contribution in [0.4, 0.5) is 11.4 Å². The van der Waals surface area contributed by atoms with Gasteiger partial charge in [-0.2, -0.15) is 0 Å². The third kappa shape index (κ3) is 3.83. The zero-order chi connectivity index (χ0) is 18.7. The molecule has 1 unspecified atom stereocenters. The topological polar surface area (TPSA) is 58.6 Å². The van der Waals surface area contributed by atoms with E-state index in [1.165, 1.54) is 0 Å². The first-order valence-electron chi connectivity index (χ1n) is 8.68. The number of hydrogen-bond acceptors (Lipinski definition) is 3. The zero-order valence-corrected chi connectivity index (χ0v) is 15.5. The lowest BCUT2D eigenvalue weighted by Gasteiger charge is -2.33. The normalized spacial score (nSPS) is 16.0. The molecule has 0 fully saturated rings. The third-order valence-corrected chi connectivity index (χ3v) is 4.48. The molecule has 2 aromatic carbocycles. The summed E-state index contributed by atoms with van der Waals surface area (Å²) in [4.78, 5) is 26.6. The van der Waals surface area contributed by atoms with Crippen LogP contribution in [0.1, 0.15) is 37.0 Å². The Labute approximate surface area is 157 Å². The van der Waals surface area contributed by atoms with Gasteiger partial charge in [-0.05, 0) is 49.7 Å². The Morgan fingerprint density at radius 3 is 2.81 bits per heavy atom. The van der Waals surface area contributed by atoms with E-state index in [1.807, 2.05) is 0 Å². The summed E-state index contributed by atoms with van der Waals surface area (Å²) in [5, 5.41) is 3.35. The van der Waals surface area contributed by atoms with Crippen molar-refractivity contribution >= 4 is 34.8 Å². The molecule has 1 N–H and O–H groups in total. The second-order valence-corrected chi connectivity index (χ2v) is 6.69. The second-order valence-electron chi connectivity index (χ2n) is 6.25. The summed E-state index contributed by atoms with van der Waals surface area (Å²) < 4.78 is 5.69. The van der Waals surface area contributed by atoms with Gasteiger partial charge in [0.1, 0.15) is 5.75 Å². The minimum atomic E-state index is -0.508. The van der Waals surface area contributed by atoms with Crippen LogP contribution in [0.3, 0.4) is 0 Å². The van der Waals surface area contributed by atoms with E-state index >= 15 is 0 Å². The van der Waals surface area contributed by atoms with Crippen molar-refractivity contribution in [2.75, 3.05) is 16.8 Å². The molecule has 0 aliphatic carbocycles. The molecule has 5 nitrogen and oxygen atoms in total. The molecule has 2 amide bonds. The average molecular weight is 373 g/mol. The Kier molecular flexibility index (Phi) is 5.47. The van der Waals surface area contributed by atoms with E-state index in [1.54, 1.807) is 54.3 Å². The summed E-state index contributed by atoms with van der Waals surface area (Å²) in [6.45, 7) is 4.46. The summed E-state index contributed by atoms with van der Waals surface area (Å²) in [5.74, 6) is 0.321. The van der Waals surface area contributed by atoms with Crippen LogP contribution in [-0.4, -0.2) is 24.5 Å². The van der Waals surface area contributed by atoms with Gasteiger partial charge in [-0.1, -0.05) is 31.0 Å². The predicted octanol–water partition coefficient (Wildman–Crippen LogP) is 4.51. The SMILES string of the molecule is CCCCN1C(=O)C(C)Oc2ccc(NC(=O)c3cccc(Cl)c3)cc21. The Balaban J connectivity index is 1.86. The van der Waals surface area contributed by atoms with Crippen LogP contribution in [0.5, 0.6) is 5.75 Å². The highest BCUT2D eigenvalue weighted by atomic mass is 35.5. The number of carbonyl (C=O) groups excluding carboxylic acids is 2. The predicted molar refractivity (Wildman–Crippen MR) is 103 cm³/mol. The molecule has 1 aliphatic heterocycles. The summed E-state index contributed by atoms with van der Waals surface area (Å²) in [6.07, 6.45) is 1.38. The highest BCUT2D eigenvalue weighted by Crippen LogP contribution is 2.36. The fourth-order valence-electron chi connectivity index (χ4n) is 2.86. The fraction of sp³-hybridized carbons (Fsp3) is 0.300. The van der Waals surface area contributed by atoms with Crippen molar-refractivity contribution in [2.45, 2.75) is 32.8 Å². The number of rotatable bonds is 5. The molecule has 1 aliphatic rings. The monoisotopic (exact) mass is 372 g/mol. The molecule has 0 saturated heterocycles. The number of amides is 2. The van der Waals surface area contributed by atoms with Crippen LogP contribution in [0, 0.1) is 0 Å². The first-order valence-corrected chi connectivity index (χ1v) is 9.06. The maximum Gasteiger partial charge on any atom is 0.267 e. The van der Waals surface area contributed by atoms with E-state index in [2.05, 4.69) is 12.2 Å². The number of nitrogens with zero attached hydrogens (tertiary/aromatic N) is 1. The molecule has 0 saturated carbocycles. The van der Waals surface area contributed by atoms with Crippen molar-refractivity contribution in [3.8, 4) is 5.75 Å². The number of ether oxygens (including phenoxy) is 1. The van der Waals surface area contributed by atoms with Crippen molar-refractivity contribution in [1.82, 2.24) is 0 Å². The number of carbonyl (C=O) groups is 2. The molecule has 1 heterocycles. The van der Waals surface area contributed by atoms with Crippen LogP contribution in [-0.2, 0) is 4.79 Å². The van der Waals surface area contributed by atoms with Gasteiger partial charge in [-0.25, -0.2) is 0 Å². The Morgan fingerprint density at radius 2 is 2.08 bits per heavy atom. The highest BCUT2D eigenvalue weighted by Gasteiger charge is 2.31. The molecule has 0 bridgehead atoms. The molecule has 1 atom stereocenters. The lowest BCUT2D eigenvalue weighted by Crippen LogP contribution is -2.44. The van der Waals surface area contributed by atoms with Crippen LogP contribution in [0.2, 0.25) is 5.02 Å². The largest absolute Gasteiger partial charge is 0.479 e. The fourth-order valence-corrected chi connectivity index (χ4v) is 3.05. The lowest BCUT2D eigenvalue weighted by molar-refractivity contribution is -0.125. The number of unbranched alkanes of at least 4 members (excludes halogenated alkanes) is 1. The Bertz CT molecular complexity index is 838. The molecule has 6 heteroatoms. The van der Waals surface area contributed by atoms with Crippen molar-refractivity contribution < 1.29 is 14.3 Å². The lowest BCUT2D eigenvalue weighted by atomic mass is 10.1. The second kappa shape index (κ2) is 7.79. The molecular weight excluding hydrogens is 352 g/mol. The number of anilines is 2. The summed E-state index contributed by atoms with van der Waals surface area (Å²) >= 11 is 5.94. The van der Waals surface area contributed by atoms with E-state index in [4.69, 9.17) is 16.3 Å². The van der Waals surface area contributed by atoms with Gasteiger partial charge >= 0.3 is 0 Å². The standard InChI is InChI=1S/C20H21ClN2O3/c1-3-4-10-23-17-12-16(8-9-18(17)26-13(2)20(23)25)22-19(24)14-6-5-7-15(21)11-14/h5-9,11-13H,3-4,10H2,1-2H3,(H,22,24). The van der Waals surface area contributed by atoms with Crippen LogP contribution < -0.4 is 15.0 Å². The van der Waals surface area contributed by atoms with Crippen molar-refractivity contribution in [3.05, 3.63) is 53.1 Å². The van der Waals surface area contributed by atoms with Gasteiger partial charge in [-0.15, -0.1) is 0 Å². The van der Waals surface area contributed by atoms with E-state index < -0.39 is 6.10 Å². The van der Waals surface area contributed by atoms with E-state index in [0.29, 0.717) is 34.3 Å². The van der Waals surface area contributed by atoms with Crippen LogP contribution in [0.25, 0.3) is 0 Å². The minimum Gasteiger partial charge on any atom is -0.479 e. The maximum absolute atomic E-state index is 12.5. The van der Waals surface area contributed by atoms with Gasteiger partial charge in [0.25, 0.3) is 11.8 Å². The Morgan fingerprint density at radius 1 is 1.27 bits per heavy atom. The summed E-state index contributed by atoms with van der Waals surface area (Å²) in [7, 11) is 0.